The van der Waals surface area contributed by atoms with E-state index >= 15 is 0 Å². The quantitative estimate of drug-likeness (QED) is 0.879. The van der Waals surface area contributed by atoms with Crippen LogP contribution >= 0.6 is 0 Å². The normalized spacial score (nSPS) is 19.5. The highest BCUT2D eigenvalue weighted by molar-refractivity contribution is 5.74. The number of methoxy groups -OCH3 is 2. The standard InChI is InChI=1S/C19H23N3O4/c1-11-8-20-12(2)18(21-11)22-9-14(15(10-22)19(23)24)13-6-5-7-16(25-3)17(13)26-4/h5-8,14-15H,9-10H2,1-4H3,(H,23,24)/t14-,15+/m0/s1. The number of anilines is 1. The van der Waals surface area contributed by atoms with E-state index in [9.17, 15) is 9.90 Å². The molecule has 138 valence electrons. The summed E-state index contributed by atoms with van der Waals surface area (Å²) in [6.07, 6.45) is 1.71. The molecule has 0 saturated carbocycles. The molecule has 26 heavy (non-hydrogen) atoms. The fourth-order valence-electron chi connectivity index (χ4n) is 3.57. The van der Waals surface area contributed by atoms with Crippen LogP contribution in [0.2, 0.25) is 0 Å². The Kier molecular flexibility index (Phi) is 4.97. The van der Waals surface area contributed by atoms with Gasteiger partial charge in [0.15, 0.2) is 11.5 Å². The van der Waals surface area contributed by atoms with Crippen molar-refractivity contribution in [3.63, 3.8) is 0 Å². The zero-order valence-corrected chi connectivity index (χ0v) is 15.4. The molecule has 2 aromatic rings. The molecule has 0 bridgehead atoms. The van der Waals surface area contributed by atoms with E-state index in [1.54, 1.807) is 26.5 Å². The molecule has 1 fully saturated rings. The Balaban J connectivity index is 2.02. The number of benzene rings is 1. The van der Waals surface area contributed by atoms with Crippen molar-refractivity contribution in [2.45, 2.75) is 19.8 Å². The third-order valence-electron chi connectivity index (χ3n) is 4.82. The molecule has 0 aliphatic carbocycles. The Bertz CT molecular complexity index is 824. The molecule has 2 heterocycles. The lowest BCUT2D eigenvalue weighted by Gasteiger charge is -2.21. The minimum absolute atomic E-state index is 0.237. The molecule has 0 unspecified atom stereocenters. The van der Waals surface area contributed by atoms with Crippen LogP contribution in [0.5, 0.6) is 11.5 Å². The Morgan fingerprint density at radius 2 is 2.00 bits per heavy atom. The second-order valence-electron chi connectivity index (χ2n) is 6.46. The van der Waals surface area contributed by atoms with Crippen molar-refractivity contribution < 1.29 is 19.4 Å². The zero-order chi connectivity index (χ0) is 18.8. The molecular weight excluding hydrogens is 334 g/mol. The topological polar surface area (TPSA) is 84.8 Å². The van der Waals surface area contributed by atoms with Gasteiger partial charge < -0.3 is 19.5 Å². The van der Waals surface area contributed by atoms with Crippen LogP contribution < -0.4 is 14.4 Å². The average Bonchev–Trinajstić information content (AvgIpc) is 3.08. The van der Waals surface area contributed by atoms with Crippen molar-refractivity contribution in [1.29, 1.82) is 0 Å². The summed E-state index contributed by atoms with van der Waals surface area (Å²) in [6.45, 7) is 4.67. The Hall–Kier alpha value is -2.83. The molecule has 2 atom stereocenters. The average molecular weight is 357 g/mol. The predicted molar refractivity (Wildman–Crippen MR) is 97.1 cm³/mol. The summed E-state index contributed by atoms with van der Waals surface area (Å²) in [7, 11) is 3.14. The van der Waals surface area contributed by atoms with Crippen LogP contribution in [-0.2, 0) is 4.79 Å². The molecule has 1 aromatic heterocycles. The van der Waals surface area contributed by atoms with E-state index in [0.717, 1.165) is 22.8 Å². The maximum Gasteiger partial charge on any atom is 0.308 e. The summed E-state index contributed by atoms with van der Waals surface area (Å²) in [6, 6.07) is 5.57. The van der Waals surface area contributed by atoms with Gasteiger partial charge in [0.2, 0.25) is 0 Å². The van der Waals surface area contributed by atoms with Crippen LogP contribution in [0.1, 0.15) is 22.9 Å². The molecule has 1 N–H and O–H groups in total. The minimum atomic E-state index is -0.833. The fraction of sp³-hybridized carbons (Fsp3) is 0.421. The Labute approximate surface area is 152 Å². The number of hydrogen-bond donors (Lipinski definition) is 1. The third-order valence-corrected chi connectivity index (χ3v) is 4.82. The summed E-state index contributed by atoms with van der Waals surface area (Å²) < 4.78 is 10.9. The summed E-state index contributed by atoms with van der Waals surface area (Å²) >= 11 is 0. The minimum Gasteiger partial charge on any atom is -0.493 e. The number of hydrogen-bond acceptors (Lipinski definition) is 6. The van der Waals surface area contributed by atoms with Crippen molar-refractivity contribution in [2.24, 2.45) is 5.92 Å². The van der Waals surface area contributed by atoms with E-state index < -0.39 is 11.9 Å². The van der Waals surface area contributed by atoms with Crippen LogP contribution in [-0.4, -0.2) is 48.4 Å². The van der Waals surface area contributed by atoms with Gasteiger partial charge in [0, 0.05) is 30.8 Å². The van der Waals surface area contributed by atoms with Gasteiger partial charge in [-0.1, -0.05) is 12.1 Å². The van der Waals surface area contributed by atoms with Gasteiger partial charge in [-0.15, -0.1) is 0 Å². The molecule has 7 nitrogen and oxygen atoms in total. The highest BCUT2D eigenvalue weighted by Gasteiger charge is 2.41. The Morgan fingerprint density at radius 3 is 2.65 bits per heavy atom. The molecular formula is C19H23N3O4. The van der Waals surface area contributed by atoms with Crippen molar-refractivity contribution in [1.82, 2.24) is 9.97 Å². The van der Waals surface area contributed by atoms with E-state index in [1.165, 1.54) is 0 Å². The number of nitrogens with zero attached hydrogens (tertiary/aromatic N) is 3. The molecule has 0 spiro atoms. The van der Waals surface area contributed by atoms with Gasteiger partial charge >= 0.3 is 5.97 Å². The van der Waals surface area contributed by atoms with Crippen LogP contribution in [0.3, 0.4) is 0 Å². The molecule has 0 radical (unpaired) electrons. The first-order valence-electron chi connectivity index (χ1n) is 8.45. The van der Waals surface area contributed by atoms with E-state index in [0.29, 0.717) is 24.6 Å². The summed E-state index contributed by atoms with van der Waals surface area (Å²) in [5.74, 6) is 0.275. The van der Waals surface area contributed by atoms with E-state index in [4.69, 9.17) is 9.47 Å². The SMILES string of the molecule is COc1cccc([C@@H]2CN(c3nc(C)cnc3C)C[C@H]2C(=O)O)c1OC. The van der Waals surface area contributed by atoms with Crippen molar-refractivity contribution in [3.8, 4) is 11.5 Å². The first-order chi connectivity index (χ1) is 12.5. The van der Waals surface area contributed by atoms with Gasteiger partial charge in [0.25, 0.3) is 0 Å². The summed E-state index contributed by atoms with van der Waals surface area (Å²) in [5, 5.41) is 9.79. The molecule has 3 rings (SSSR count). The van der Waals surface area contributed by atoms with E-state index in [1.807, 2.05) is 30.9 Å². The number of carbonyl (C=O) groups is 1. The van der Waals surface area contributed by atoms with Gasteiger partial charge in [0.05, 0.1) is 31.5 Å². The predicted octanol–water partition coefficient (Wildman–Crippen LogP) is 2.42. The number of rotatable bonds is 5. The lowest BCUT2D eigenvalue weighted by atomic mass is 9.88. The van der Waals surface area contributed by atoms with Gasteiger partial charge in [-0.25, -0.2) is 4.98 Å². The lowest BCUT2D eigenvalue weighted by molar-refractivity contribution is -0.141. The highest BCUT2D eigenvalue weighted by atomic mass is 16.5. The van der Waals surface area contributed by atoms with Crippen LogP contribution in [0.4, 0.5) is 5.82 Å². The summed E-state index contributed by atoms with van der Waals surface area (Å²) in [4.78, 5) is 22.9. The van der Waals surface area contributed by atoms with Gasteiger partial charge in [-0.05, 0) is 19.9 Å². The number of aromatic nitrogens is 2. The zero-order valence-electron chi connectivity index (χ0n) is 15.4. The fourth-order valence-corrected chi connectivity index (χ4v) is 3.57. The molecule has 7 heteroatoms. The smallest absolute Gasteiger partial charge is 0.308 e. The molecule has 1 saturated heterocycles. The number of ether oxygens (including phenoxy) is 2. The lowest BCUT2D eigenvalue weighted by Crippen LogP contribution is -2.24. The highest BCUT2D eigenvalue weighted by Crippen LogP contribution is 2.42. The van der Waals surface area contributed by atoms with E-state index in [-0.39, 0.29) is 5.92 Å². The largest absolute Gasteiger partial charge is 0.493 e. The second-order valence-corrected chi connectivity index (χ2v) is 6.46. The van der Waals surface area contributed by atoms with Crippen LogP contribution in [0.15, 0.2) is 24.4 Å². The maximum absolute atomic E-state index is 11.9. The number of aliphatic carboxylic acids is 1. The first kappa shape index (κ1) is 18.0. The number of aryl methyl sites for hydroxylation is 2. The van der Waals surface area contributed by atoms with Crippen LogP contribution in [0.25, 0.3) is 0 Å². The first-order valence-corrected chi connectivity index (χ1v) is 8.45. The van der Waals surface area contributed by atoms with Crippen molar-refractivity contribution >= 4 is 11.8 Å². The third kappa shape index (κ3) is 3.16. The maximum atomic E-state index is 11.9. The molecule has 0 amide bonds. The van der Waals surface area contributed by atoms with E-state index in [2.05, 4.69) is 9.97 Å². The van der Waals surface area contributed by atoms with Gasteiger partial charge in [-0.2, -0.15) is 0 Å². The molecule has 1 aliphatic heterocycles. The summed E-state index contributed by atoms with van der Waals surface area (Å²) in [5.41, 5.74) is 2.43. The molecule has 1 aromatic carbocycles. The number of carboxylic acid groups (broad SMARTS) is 1. The number of carboxylic acids is 1. The van der Waals surface area contributed by atoms with Crippen LogP contribution in [0, 0.1) is 19.8 Å². The monoisotopic (exact) mass is 357 g/mol. The van der Waals surface area contributed by atoms with Crippen molar-refractivity contribution in [2.75, 3.05) is 32.2 Å². The van der Waals surface area contributed by atoms with Gasteiger partial charge in [-0.3, -0.25) is 9.78 Å². The van der Waals surface area contributed by atoms with Crippen molar-refractivity contribution in [3.05, 3.63) is 41.3 Å². The Morgan fingerprint density at radius 1 is 1.23 bits per heavy atom. The molecule has 1 aliphatic rings. The second kappa shape index (κ2) is 7.19. The number of para-hydroxylation sites is 1. The van der Waals surface area contributed by atoms with Gasteiger partial charge in [0.1, 0.15) is 5.82 Å².